The summed E-state index contributed by atoms with van der Waals surface area (Å²) in [5.41, 5.74) is 15.7. The fraction of sp³-hybridized carbons (Fsp3) is 0.486. The molecule has 32 heteroatoms. The van der Waals surface area contributed by atoms with Crippen LogP contribution in [-0.4, -0.2) is 176 Å². The first kappa shape index (κ1) is 84.3. The molecular weight excluding hydrogens is 1390 g/mol. The number of H-pyrrole nitrogens is 1. The zero-order valence-corrected chi connectivity index (χ0v) is 62.3. The summed E-state index contributed by atoms with van der Waals surface area (Å²) in [6.07, 6.45) is 2.27. The second-order valence-corrected chi connectivity index (χ2v) is 28.0. The van der Waals surface area contributed by atoms with Crippen molar-refractivity contribution in [3.8, 4) is 11.5 Å². The summed E-state index contributed by atoms with van der Waals surface area (Å²) in [5.74, 6) is -8.58. The van der Waals surface area contributed by atoms with Gasteiger partial charge in [-0.25, -0.2) is 27.7 Å². The highest BCUT2D eigenvalue weighted by Crippen LogP contribution is 2.31. The molecule has 1 aliphatic heterocycles. The number of hydrogen-bond acceptors (Lipinski definition) is 19. The number of aryl methyl sites for hydroxylation is 1. The zero-order valence-electron chi connectivity index (χ0n) is 61.5. The smallest absolute Gasteiger partial charge is 0.408 e. The molecule has 576 valence electrons. The van der Waals surface area contributed by atoms with Crippen LogP contribution < -0.4 is 62.9 Å². The molecule has 0 unspecified atom stereocenters. The lowest BCUT2D eigenvalue weighted by molar-refractivity contribution is -0.150. The van der Waals surface area contributed by atoms with E-state index in [0.29, 0.717) is 76.3 Å². The Bertz CT molecular complexity index is 3920. The SMILES string of the molecule is CC[C@H](C)[C@H](NC(=O)[C@H](Cc1ccc(OC)cc1)NC(=O)[C@@H](NC(=O)[C@H](CCCN=C(N)NS(=O)(=O)c1c(C)cc(OC)c(C)c1C)NC(=O)[C@H](CCCCN)NC(=O)OCc1ccccc1)C(C)C)C(=O)N[C@@H](Cc1cnc[nH]1)C(=O)N1CCC[C@H]1C(=O)N[C@@H](CCC(=O)O)C(=O)OCc1ccccc1. The number of carboxylic acids is 1. The van der Waals surface area contributed by atoms with Crippen LogP contribution in [0.3, 0.4) is 0 Å². The highest BCUT2D eigenvalue weighted by atomic mass is 32.2. The van der Waals surface area contributed by atoms with E-state index in [4.69, 9.17) is 30.4 Å². The molecule has 4 aromatic carbocycles. The number of alkyl carbamates (subject to hydrolysis) is 1. The number of aliphatic carboxylic acids is 1. The number of guanidine groups is 1. The molecule has 5 aromatic rings. The van der Waals surface area contributed by atoms with E-state index in [1.54, 1.807) is 139 Å². The van der Waals surface area contributed by atoms with Gasteiger partial charge >= 0.3 is 18.0 Å². The first-order valence-corrected chi connectivity index (χ1v) is 36.9. The van der Waals surface area contributed by atoms with E-state index in [2.05, 4.69) is 56.9 Å². The average molecular weight is 1490 g/mol. The van der Waals surface area contributed by atoms with E-state index >= 15 is 4.79 Å². The van der Waals surface area contributed by atoms with Crippen LogP contribution in [0.15, 0.2) is 113 Å². The van der Waals surface area contributed by atoms with Crippen molar-refractivity contribution in [3.05, 3.63) is 143 Å². The van der Waals surface area contributed by atoms with Crippen molar-refractivity contribution in [1.82, 2.24) is 56.8 Å². The number of ether oxygens (including phenoxy) is 4. The highest BCUT2D eigenvalue weighted by Gasteiger charge is 2.42. The van der Waals surface area contributed by atoms with Gasteiger partial charge in [-0.05, 0) is 142 Å². The molecule has 9 atom stereocenters. The lowest BCUT2D eigenvalue weighted by Gasteiger charge is -2.32. The predicted octanol–water partition coefficient (Wildman–Crippen LogP) is 3.84. The number of carboxylic acid groups (broad SMARTS) is 1. The number of nitrogens with two attached hydrogens (primary N) is 2. The predicted molar refractivity (Wildman–Crippen MR) is 392 cm³/mol. The first-order chi connectivity index (χ1) is 50.6. The minimum absolute atomic E-state index is 0.0139. The Morgan fingerprint density at radius 1 is 0.670 bits per heavy atom. The summed E-state index contributed by atoms with van der Waals surface area (Å²) in [5, 5.41) is 28.7. The van der Waals surface area contributed by atoms with Gasteiger partial charge in [0.1, 0.15) is 73.0 Å². The number of sulfonamides is 1. The Kier molecular flexibility index (Phi) is 33.2. The van der Waals surface area contributed by atoms with Gasteiger partial charge in [0.15, 0.2) is 0 Å². The van der Waals surface area contributed by atoms with Gasteiger partial charge in [0.05, 0.1) is 25.4 Å². The topological polar surface area (TPSA) is 455 Å². The minimum Gasteiger partial charge on any atom is -0.497 e. The van der Waals surface area contributed by atoms with Crippen LogP contribution in [0.2, 0.25) is 0 Å². The van der Waals surface area contributed by atoms with Gasteiger partial charge in [0.2, 0.25) is 47.3 Å². The number of carbonyl (C=O) groups excluding carboxylic acids is 9. The standard InChI is InChI=1S/C74H102N14O17S/c1-10-45(4)63(70(96)83-58(39-52-40-77-43-79-52)71(97)88-36-20-27-59(88)68(94)81-56(32-33-61(89)90)72(98)104-41-50-21-13-11-14-22-50)86-67(93)57(38-49-28-30-53(102-8)31-29-49)82-69(95)62(44(2)3)85-66(92)54(80-65(91)55(25-17-18-34-75)84-74(99)105-42-51-23-15-12-16-24-51)26-19-35-78-73(76)87-106(100,101)64-46(5)37-60(103-9)47(6)48(64)7/h11-16,21-24,28-31,37,40,43-45,54-59,62-63H,10,17-20,25-27,32-36,38-39,41-42,75H2,1-9H3,(H,77,79)(H,80,91)(H,81,94)(H,82,95)(H,83,96)(H,84,99)(H,85,92)(H,86,93)(H,89,90)(H3,76,78,87)/t45-,54-,55-,56-,57-,58-,59-,62-,63-/m0/s1. The minimum atomic E-state index is -4.28. The number of imidazole rings is 1. The summed E-state index contributed by atoms with van der Waals surface area (Å²) in [4.78, 5) is 154. The maximum Gasteiger partial charge on any atom is 0.408 e. The fourth-order valence-corrected chi connectivity index (χ4v) is 13.5. The van der Waals surface area contributed by atoms with Crippen LogP contribution in [0.5, 0.6) is 11.5 Å². The summed E-state index contributed by atoms with van der Waals surface area (Å²) in [6, 6.07) is 14.8. The van der Waals surface area contributed by atoms with Crippen molar-refractivity contribution >= 4 is 75.4 Å². The summed E-state index contributed by atoms with van der Waals surface area (Å²) < 4.78 is 51.6. The number of carbonyl (C=O) groups is 10. The molecule has 1 saturated heterocycles. The van der Waals surface area contributed by atoms with Gasteiger partial charge < -0.3 is 82.6 Å². The van der Waals surface area contributed by atoms with Gasteiger partial charge in [-0.1, -0.05) is 107 Å². The van der Waals surface area contributed by atoms with Crippen molar-refractivity contribution in [2.45, 2.75) is 192 Å². The molecule has 106 heavy (non-hydrogen) atoms. The number of benzene rings is 4. The molecule has 1 aliphatic rings. The number of esters is 1. The average Bonchev–Trinajstić information content (AvgIpc) is 1.38. The van der Waals surface area contributed by atoms with E-state index in [9.17, 15) is 56.7 Å². The fourth-order valence-electron chi connectivity index (χ4n) is 12.0. The van der Waals surface area contributed by atoms with Crippen molar-refractivity contribution < 1.29 is 80.4 Å². The molecule has 0 spiro atoms. The van der Waals surface area contributed by atoms with Crippen LogP contribution in [0.4, 0.5) is 4.79 Å². The Hall–Kier alpha value is -10.6. The molecule has 0 aliphatic carbocycles. The van der Waals surface area contributed by atoms with E-state index in [-0.39, 0.29) is 82.7 Å². The number of rotatable bonds is 41. The first-order valence-electron chi connectivity index (χ1n) is 35.4. The van der Waals surface area contributed by atoms with E-state index in [0.717, 1.165) is 0 Å². The summed E-state index contributed by atoms with van der Waals surface area (Å²) in [6.45, 7) is 11.6. The van der Waals surface area contributed by atoms with E-state index in [1.165, 1.54) is 31.6 Å². The number of aromatic nitrogens is 2. The largest absolute Gasteiger partial charge is 0.497 e. The van der Waals surface area contributed by atoms with Gasteiger partial charge in [-0.3, -0.25) is 43.3 Å². The number of aliphatic imine (C=N–C) groups is 1. The highest BCUT2D eigenvalue weighted by molar-refractivity contribution is 7.90. The van der Waals surface area contributed by atoms with Gasteiger partial charge in [0.25, 0.3) is 10.0 Å². The molecule has 31 nitrogen and oxygen atoms in total. The third-order valence-electron chi connectivity index (χ3n) is 18.2. The molecule has 14 N–H and O–H groups in total. The van der Waals surface area contributed by atoms with Crippen LogP contribution >= 0.6 is 0 Å². The van der Waals surface area contributed by atoms with E-state index < -0.39 is 142 Å². The molecule has 1 aromatic heterocycles. The second-order valence-electron chi connectivity index (χ2n) is 26.4. The van der Waals surface area contributed by atoms with Gasteiger partial charge in [0, 0.05) is 44.2 Å². The van der Waals surface area contributed by atoms with Gasteiger partial charge in [-0.15, -0.1) is 0 Å². The lowest BCUT2D eigenvalue weighted by Crippen LogP contribution is -2.62. The maximum atomic E-state index is 15.1. The number of unbranched alkanes of at least 4 members (excludes halogenated alkanes) is 1. The monoisotopic (exact) mass is 1490 g/mol. The summed E-state index contributed by atoms with van der Waals surface area (Å²) in [7, 11) is -1.34. The van der Waals surface area contributed by atoms with Crippen LogP contribution in [0, 0.1) is 32.6 Å². The van der Waals surface area contributed by atoms with Gasteiger partial charge in [-0.2, -0.15) is 0 Å². The Balaban J connectivity index is 1.25. The quantitative estimate of drug-likeness (QED) is 0.0114. The van der Waals surface area contributed by atoms with Crippen molar-refractivity contribution in [2.75, 3.05) is 33.9 Å². The number of nitrogens with zero attached hydrogens (tertiary/aromatic N) is 3. The number of hydrogen-bond donors (Lipinski definition) is 12. The third-order valence-corrected chi connectivity index (χ3v) is 19.9. The van der Waals surface area contributed by atoms with Crippen molar-refractivity contribution in [3.63, 3.8) is 0 Å². The molecule has 0 bridgehead atoms. The Morgan fingerprint density at radius 2 is 1.26 bits per heavy atom. The maximum absolute atomic E-state index is 15.1. The molecule has 0 saturated carbocycles. The number of amides is 8. The number of nitrogens with one attached hydrogen (secondary N) is 9. The molecule has 2 heterocycles. The molecule has 1 fully saturated rings. The molecule has 0 radical (unpaired) electrons. The van der Waals surface area contributed by atoms with Crippen molar-refractivity contribution in [2.24, 2.45) is 28.3 Å². The normalized spacial score (nSPS) is 15.2. The Labute approximate surface area is 618 Å². The molecule has 8 amide bonds. The Morgan fingerprint density at radius 3 is 1.87 bits per heavy atom. The number of likely N-dealkylation sites (tertiary alicyclic amines) is 1. The molecular formula is C74H102N14O17S. The molecule has 6 rings (SSSR count). The van der Waals surface area contributed by atoms with Crippen LogP contribution in [-0.2, 0) is 88.7 Å². The van der Waals surface area contributed by atoms with Crippen LogP contribution in [0.1, 0.15) is 131 Å². The van der Waals surface area contributed by atoms with Crippen LogP contribution in [0.25, 0.3) is 0 Å². The summed E-state index contributed by atoms with van der Waals surface area (Å²) >= 11 is 0. The number of methoxy groups -OCH3 is 2. The zero-order chi connectivity index (χ0) is 77.6. The van der Waals surface area contributed by atoms with E-state index in [1.807, 2.05) is 0 Å². The third kappa shape index (κ3) is 25.6. The van der Waals surface area contributed by atoms with Crippen molar-refractivity contribution in [1.29, 1.82) is 0 Å². The lowest BCUT2D eigenvalue weighted by atomic mass is 9.96. The number of aromatic amines is 1. The second kappa shape index (κ2) is 41.8.